The second-order valence-electron chi connectivity index (χ2n) is 7.30. The molecular weight excluding hydrogens is 326 g/mol. The summed E-state index contributed by atoms with van der Waals surface area (Å²) in [6.07, 6.45) is 5.16. The number of hydrogen-bond donors (Lipinski definition) is 0. The number of Topliss-reactive ketones (excluding diaryl/α,β-unsaturated/α-hetero) is 1. The van der Waals surface area contributed by atoms with Gasteiger partial charge in [0.15, 0.2) is 5.78 Å². The van der Waals surface area contributed by atoms with Crippen LogP contribution in [-0.4, -0.2) is 56.0 Å². The Morgan fingerprint density at radius 2 is 2.04 bits per heavy atom. The summed E-state index contributed by atoms with van der Waals surface area (Å²) >= 11 is 0. The standard InChI is InChI=1S/C21H25N3O2/c1-23-6-8-24(9-7-23)19-12-16-11-17(10-15-4-3-5-22-14-15)21(25)18(16)13-20(19)26-2/h3-5,12-14,17H,6-11H2,1-2H3. The van der Waals surface area contributed by atoms with Gasteiger partial charge in [-0.15, -0.1) is 0 Å². The summed E-state index contributed by atoms with van der Waals surface area (Å²) < 4.78 is 5.64. The highest BCUT2D eigenvalue weighted by atomic mass is 16.5. The largest absolute Gasteiger partial charge is 0.495 e. The molecule has 5 nitrogen and oxygen atoms in total. The fourth-order valence-electron chi connectivity index (χ4n) is 4.01. The number of nitrogens with zero attached hydrogens (tertiary/aromatic N) is 3. The number of carbonyl (C=O) groups excluding carboxylic acids is 1. The highest BCUT2D eigenvalue weighted by molar-refractivity contribution is 6.03. The number of pyridine rings is 1. The number of rotatable bonds is 4. The van der Waals surface area contributed by atoms with Gasteiger partial charge in [0.1, 0.15) is 5.75 Å². The van der Waals surface area contributed by atoms with Crippen molar-refractivity contribution in [3.63, 3.8) is 0 Å². The van der Waals surface area contributed by atoms with Gasteiger partial charge in [-0.05, 0) is 49.2 Å². The number of piperazine rings is 1. The van der Waals surface area contributed by atoms with Gasteiger partial charge in [-0.3, -0.25) is 9.78 Å². The van der Waals surface area contributed by atoms with Crippen LogP contribution in [0.4, 0.5) is 5.69 Å². The molecule has 2 heterocycles. The van der Waals surface area contributed by atoms with Crippen LogP contribution in [0.2, 0.25) is 0 Å². The first-order valence-electron chi connectivity index (χ1n) is 9.23. The van der Waals surface area contributed by atoms with E-state index in [0.717, 1.165) is 67.1 Å². The van der Waals surface area contributed by atoms with Gasteiger partial charge in [0.25, 0.3) is 0 Å². The Balaban J connectivity index is 1.59. The molecule has 1 aliphatic heterocycles. The van der Waals surface area contributed by atoms with Crippen molar-refractivity contribution in [1.82, 2.24) is 9.88 Å². The summed E-state index contributed by atoms with van der Waals surface area (Å²) in [5, 5.41) is 0. The first-order valence-corrected chi connectivity index (χ1v) is 9.23. The van der Waals surface area contributed by atoms with E-state index in [1.807, 2.05) is 24.4 Å². The molecule has 2 aromatic rings. The minimum Gasteiger partial charge on any atom is -0.495 e. The Morgan fingerprint density at radius 1 is 1.23 bits per heavy atom. The number of likely N-dealkylation sites (N-methyl/N-ethyl adjacent to an activating group) is 1. The van der Waals surface area contributed by atoms with E-state index in [1.165, 1.54) is 0 Å². The van der Waals surface area contributed by atoms with Crippen molar-refractivity contribution < 1.29 is 9.53 Å². The monoisotopic (exact) mass is 351 g/mol. The lowest BCUT2D eigenvalue weighted by Gasteiger charge is -2.35. The number of ether oxygens (including phenoxy) is 1. The molecule has 1 unspecified atom stereocenters. The average Bonchev–Trinajstić information content (AvgIpc) is 2.97. The number of aromatic nitrogens is 1. The molecular formula is C21H25N3O2. The van der Waals surface area contributed by atoms with Crippen LogP contribution in [-0.2, 0) is 12.8 Å². The van der Waals surface area contributed by atoms with Crippen molar-refractivity contribution in [2.45, 2.75) is 12.8 Å². The van der Waals surface area contributed by atoms with Crippen molar-refractivity contribution >= 4 is 11.5 Å². The van der Waals surface area contributed by atoms with E-state index in [4.69, 9.17) is 4.74 Å². The molecule has 1 aromatic heterocycles. The maximum atomic E-state index is 12.9. The van der Waals surface area contributed by atoms with Crippen molar-refractivity contribution in [2.24, 2.45) is 5.92 Å². The third kappa shape index (κ3) is 3.19. The average molecular weight is 351 g/mol. The number of carbonyl (C=O) groups is 1. The number of methoxy groups -OCH3 is 1. The molecule has 1 aliphatic carbocycles. The molecule has 5 heteroatoms. The molecule has 4 rings (SSSR count). The topological polar surface area (TPSA) is 45.7 Å². The molecule has 0 spiro atoms. The summed E-state index contributed by atoms with van der Waals surface area (Å²) in [4.78, 5) is 21.8. The van der Waals surface area contributed by atoms with Gasteiger partial charge in [0, 0.05) is 50.1 Å². The summed E-state index contributed by atoms with van der Waals surface area (Å²) in [5.41, 5.74) is 4.21. The lowest BCUT2D eigenvalue weighted by molar-refractivity contribution is 0.0936. The quantitative estimate of drug-likeness (QED) is 0.847. The van der Waals surface area contributed by atoms with Gasteiger partial charge in [-0.25, -0.2) is 0 Å². The maximum Gasteiger partial charge on any atom is 0.167 e. The lowest BCUT2D eigenvalue weighted by atomic mass is 9.97. The predicted molar refractivity (Wildman–Crippen MR) is 102 cm³/mol. The molecule has 0 amide bonds. The molecule has 1 atom stereocenters. The molecule has 1 aromatic carbocycles. The first-order chi connectivity index (χ1) is 12.7. The van der Waals surface area contributed by atoms with E-state index < -0.39 is 0 Å². The number of anilines is 1. The van der Waals surface area contributed by atoms with Gasteiger partial charge in [0.2, 0.25) is 0 Å². The van der Waals surface area contributed by atoms with Gasteiger partial charge in [-0.2, -0.15) is 0 Å². The van der Waals surface area contributed by atoms with Crippen molar-refractivity contribution in [3.8, 4) is 5.75 Å². The predicted octanol–water partition coefficient (Wildman–Crippen LogP) is 2.44. The molecule has 1 saturated heterocycles. The van der Waals surface area contributed by atoms with Gasteiger partial charge in [-0.1, -0.05) is 6.07 Å². The fourth-order valence-corrected chi connectivity index (χ4v) is 4.01. The Hall–Kier alpha value is -2.40. The van der Waals surface area contributed by atoms with Crippen LogP contribution >= 0.6 is 0 Å². The number of benzene rings is 1. The second-order valence-corrected chi connectivity index (χ2v) is 7.30. The fraction of sp³-hybridized carbons (Fsp3) is 0.429. The molecule has 136 valence electrons. The van der Waals surface area contributed by atoms with Gasteiger partial charge in [0.05, 0.1) is 12.8 Å². The van der Waals surface area contributed by atoms with Crippen molar-refractivity contribution in [3.05, 3.63) is 53.3 Å². The molecule has 26 heavy (non-hydrogen) atoms. The molecule has 0 radical (unpaired) electrons. The second kappa shape index (κ2) is 7.08. The highest BCUT2D eigenvalue weighted by Gasteiger charge is 2.32. The molecule has 0 bridgehead atoms. The highest BCUT2D eigenvalue weighted by Crippen LogP contribution is 2.38. The number of fused-ring (bicyclic) bond motifs is 1. The minimum absolute atomic E-state index is 0.00152. The zero-order valence-corrected chi connectivity index (χ0v) is 15.4. The van der Waals surface area contributed by atoms with E-state index in [1.54, 1.807) is 13.3 Å². The van der Waals surface area contributed by atoms with Crippen LogP contribution in [0.15, 0.2) is 36.7 Å². The zero-order chi connectivity index (χ0) is 18.1. The van der Waals surface area contributed by atoms with Crippen LogP contribution in [0.25, 0.3) is 0 Å². The Labute approximate surface area is 154 Å². The SMILES string of the molecule is COc1cc2c(cc1N1CCN(C)CC1)CC(Cc1cccnc1)C2=O. The summed E-state index contributed by atoms with van der Waals surface area (Å²) in [5.74, 6) is 1.04. The van der Waals surface area contributed by atoms with Crippen LogP contribution in [0.1, 0.15) is 21.5 Å². The summed E-state index contributed by atoms with van der Waals surface area (Å²) in [6, 6.07) is 8.10. The van der Waals surface area contributed by atoms with Crippen LogP contribution in [0.5, 0.6) is 5.75 Å². The van der Waals surface area contributed by atoms with E-state index in [-0.39, 0.29) is 11.7 Å². The van der Waals surface area contributed by atoms with E-state index >= 15 is 0 Å². The van der Waals surface area contributed by atoms with Crippen molar-refractivity contribution in [2.75, 3.05) is 45.2 Å². The number of hydrogen-bond acceptors (Lipinski definition) is 5. The smallest absolute Gasteiger partial charge is 0.167 e. The van der Waals surface area contributed by atoms with Crippen molar-refractivity contribution in [1.29, 1.82) is 0 Å². The zero-order valence-electron chi connectivity index (χ0n) is 15.4. The number of ketones is 1. The Kier molecular flexibility index (Phi) is 4.64. The normalized spacial score (nSPS) is 20.3. The Bertz CT molecular complexity index is 798. The van der Waals surface area contributed by atoms with E-state index in [2.05, 4.69) is 27.9 Å². The molecule has 0 saturated carbocycles. The first kappa shape index (κ1) is 17.0. The van der Waals surface area contributed by atoms with Gasteiger partial charge >= 0.3 is 0 Å². The molecule has 0 N–H and O–H groups in total. The molecule has 1 fully saturated rings. The summed E-state index contributed by atoms with van der Waals surface area (Å²) in [6.45, 7) is 4.06. The summed E-state index contributed by atoms with van der Waals surface area (Å²) in [7, 11) is 3.84. The maximum absolute atomic E-state index is 12.9. The third-order valence-corrected chi connectivity index (χ3v) is 5.56. The van der Waals surface area contributed by atoms with Crippen LogP contribution in [0, 0.1) is 5.92 Å². The van der Waals surface area contributed by atoms with Gasteiger partial charge < -0.3 is 14.5 Å². The third-order valence-electron chi connectivity index (χ3n) is 5.56. The lowest BCUT2D eigenvalue weighted by Crippen LogP contribution is -2.44. The van der Waals surface area contributed by atoms with E-state index in [9.17, 15) is 4.79 Å². The molecule has 2 aliphatic rings. The minimum atomic E-state index is 0.00152. The van der Waals surface area contributed by atoms with E-state index in [0.29, 0.717) is 0 Å². The van der Waals surface area contributed by atoms with Crippen LogP contribution in [0.3, 0.4) is 0 Å². The van der Waals surface area contributed by atoms with Crippen LogP contribution < -0.4 is 9.64 Å². The Morgan fingerprint density at radius 3 is 2.73 bits per heavy atom.